The van der Waals surface area contributed by atoms with Crippen molar-refractivity contribution in [3.63, 3.8) is 0 Å². The van der Waals surface area contributed by atoms with Crippen LogP contribution in [0.2, 0.25) is 0 Å². The van der Waals surface area contributed by atoms with Gasteiger partial charge in [0.1, 0.15) is 6.61 Å². The Labute approximate surface area is 76.8 Å². The Bertz CT molecular complexity index is 303. The quantitative estimate of drug-likeness (QED) is 0.432. The summed E-state index contributed by atoms with van der Waals surface area (Å²) in [4.78, 5) is 10.7. The van der Waals surface area contributed by atoms with Crippen LogP contribution in [0.1, 0.15) is 5.56 Å². The summed E-state index contributed by atoms with van der Waals surface area (Å²) in [6.45, 7) is 3.55. The highest BCUT2D eigenvalue weighted by Crippen LogP contribution is 2.06. The lowest BCUT2D eigenvalue weighted by atomic mass is 10.2. The van der Waals surface area contributed by atoms with E-state index in [0.717, 1.165) is 11.6 Å². The minimum absolute atomic E-state index is 0.255. The fraction of sp³-hybridized carbons (Fsp3) is 0.100. The van der Waals surface area contributed by atoms with Crippen molar-refractivity contribution >= 4 is 11.7 Å². The normalized spacial score (nSPS) is 9.23. The van der Waals surface area contributed by atoms with Crippen LogP contribution in [0.3, 0.4) is 0 Å². The molecule has 13 heavy (non-hydrogen) atoms. The molecule has 0 amide bonds. The van der Waals surface area contributed by atoms with E-state index in [0.29, 0.717) is 5.69 Å². The van der Waals surface area contributed by atoms with E-state index in [1.54, 1.807) is 12.1 Å². The molecule has 0 aliphatic heterocycles. The lowest BCUT2D eigenvalue weighted by Crippen LogP contribution is -2.00. The van der Waals surface area contributed by atoms with E-state index >= 15 is 0 Å². The first kappa shape index (κ1) is 9.32. The number of rotatable bonds is 3. The molecular weight excluding hydrogens is 166 g/mol. The molecule has 0 aliphatic carbocycles. The van der Waals surface area contributed by atoms with Gasteiger partial charge in [0.15, 0.2) is 0 Å². The van der Waals surface area contributed by atoms with Crippen LogP contribution in [0.5, 0.6) is 0 Å². The first-order valence-electron chi connectivity index (χ1n) is 3.86. The number of benzene rings is 1. The molecule has 0 fully saturated rings. The number of carbonyl (C=O) groups is 1. The van der Waals surface area contributed by atoms with Crippen molar-refractivity contribution in [1.82, 2.24) is 0 Å². The summed E-state index contributed by atoms with van der Waals surface area (Å²) in [5, 5.41) is 0. The molecule has 2 N–H and O–H groups in total. The standard InChI is InChI=1S/C10H11NO2/c1-2-10(12)13-7-8-3-5-9(11)6-4-8/h2-6H,1,7,11H2. The van der Waals surface area contributed by atoms with Gasteiger partial charge in [0.2, 0.25) is 0 Å². The van der Waals surface area contributed by atoms with Crippen LogP contribution in [0.4, 0.5) is 5.69 Å². The average molecular weight is 177 g/mol. The molecule has 68 valence electrons. The van der Waals surface area contributed by atoms with Crippen molar-refractivity contribution < 1.29 is 9.53 Å². The van der Waals surface area contributed by atoms with Gasteiger partial charge in [-0.3, -0.25) is 0 Å². The van der Waals surface area contributed by atoms with Crippen LogP contribution in [0.15, 0.2) is 36.9 Å². The minimum atomic E-state index is -0.420. The summed E-state index contributed by atoms with van der Waals surface area (Å²) in [6.07, 6.45) is 1.14. The maximum absolute atomic E-state index is 10.7. The second-order valence-electron chi connectivity index (χ2n) is 2.55. The van der Waals surface area contributed by atoms with Gasteiger partial charge in [0.25, 0.3) is 0 Å². The highest BCUT2D eigenvalue weighted by atomic mass is 16.5. The van der Waals surface area contributed by atoms with Gasteiger partial charge in [-0.25, -0.2) is 4.79 Å². The average Bonchev–Trinajstić information content (AvgIpc) is 2.16. The van der Waals surface area contributed by atoms with Gasteiger partial charge < -0.3 is 10.5 Å². The number of carbonyl (C=O) groups excluding carboxylic acids is 1. The van der Waals surface area contributed by atoms with E-state index in [-0.39, 0.29) is 6.61 Å². The molecule has 1 rings (SSSR count). The zero-order valence-corrected chi connectivity index (χ0v) is 7.19. The zero-order valence-electron chi connectivity index (χ0n) is 7.19. The van der Waals surface area contributed by atoms with E-state index in [1.165, 1.54) is 0 Å². The molecule has 0 saturated carbocycles. The molecule has 0 bridgehead atoms. The topological polar surface area (TPSA) is 52.3 Å². The van der Waals surface area contributed by atoms with Crippen molar-refractivity contribution in [1.29, 1.82) is 0 Å². The number of anilines is 1. The summed E-state index contributed by atoms with van der Waals surface area (Å²) in [7, 11) is 0. The summed E-state index contributed by atoms with van der Waals surface area (Å²) in [6, 6.07) is 7.14. The summed E-state index contributed by atoms with van der Waals surface area (Å²) < 4.78 is 4.82. The molecule has 3 heteroatoms. The molecule has 1 aromatic carbocycles. The van der Waals surface area contributed by atoms with Gasteiger partial charge >= 0.3 is 5.97 Å². The zero-order chi connectivity index (χ0) is 9.68. The smallest absolute Gasteiger partial charge is 0.330 e. The van der Waals surface area contributed by atoms with E-state index in [9.17, 15) is 4.79 Å². The third kappa shape index (κ3) is 2.99. The second kappa shape index (κ2) is 4.30. The van der Waals surface area contributed by atoms with E-state index in [4.69, 9.17) is 10.5 Å². The van der Waals surface area contributed by atoms with Crippen molar-refractivity contribution in [3.8, 4) is 0 Å². The first-order valence-corrected chi connectivity index (χ1v) is 3.86. The van der Waals surface area contributed by atoms with E-state index < -0.39 is 5.97 Å². The van der Waals surface area contributed by atoms with Crippen molar-refractivity contribution in [2.24, 2.45) is 0 Å². The number of nitrogen functional groups attached to an aromatic ring is 1. The van der Waals surface area contributed by atoms with Gasteiger partial charge in [-0.2, -0.15) is 0 Å². The van der Waals surface area contributed by atoms with Crippen LogP contribution in [0, 0.1) is 0 Å². The molecule has 0 saturated heterocycles. The van der Waals surface area contributed by atoms with Gasteiger partial charge in [-0.05, 0) is 17.7 Å². The third-order valence-corrected chi connectivity index (χ3v) is 1.53. The van der Waals surface area contributed by atoms with Crippen molar-refractivity contribution in [2.75, 3.05) is 5.73 Å². The maximum atomic E-state index is 10.7. The van der Waals surface area contributed by atoms with Crippen LogP contribution >= 0.6 is 0 Å². The summed E-state index contributed by atoms with van der Waals surface area (Å²) in [5.41, 5.74) is 7.09. The SMILES string of the molecule is C=CC(=O)OCc1ccc(N)cc1. The van der Waals surface area contributed by atoms with Gasteiger partial charge in [0, 0.05) is 11.8 Å². The fourth-order valence-corrected chi connectivity index (χ4v) is 0.827. The molecule has 0 aliphatic rings. The lowest BCUT2D eigenvalue weighted by Gasteiger charge is -2.01. The van der Waals surface area contributed by atoms with E-state index in [2.05, 4.69) is 6.58 Å². The molecule has 1 aromatic rings. The number of hydrogen-bond donors (Lipinski definition) is 1. The first-order chi connectivity index (χ1) is 6.22. The summed E-state index contributed by atoms with van der Waals surface area (Å²) in [5.74, 6) is -0.420. The largest absolute Gasteiger partial charge is 0.458 e. The Hall–Kier alpha value is -1.77. The number of hydrogen-bond acceptors (Lipinski definition) is 3. The Morgan fingerprint density at radius 1 is 1.46 bits per heavy atom. The highest BCUT2D eigenvalue weighted by molar-refractivity contribution is 5.81. The summed E-state index contributed by atoms with van der Waals surface area (Å²) >= 11 is 0. The number of nitrogens with two attached hydrogens (primary N) is 1. The van der Waals surface area contributed by atoms with Crippen LogP contribution in [-0.2, 0) is 16.1 Å². The Morgan fingerprint density at radius 2 is 2.08 bits per heavy atom. The lowest BCUT2D eigenvalue weighted by molar-refractivity contribution is -0.138. The van der Waals surface area contributed by atoms with Crippen LogP contribution in [-0.4, -0.2) is 5.97 Å². The number of esters is 1. The molecular formula is C10H11NO2. The second-order valence-corrected chi connectivity index (χ2v) is 2.55. The molecule has 0 atom stereocenters. The fourth-order valence-electron chi connectivity index (χ4n) is 0.827. The monoisotopic (exact) mass is 177 g/mol. The van der Waals surface area contributed by atoms with Gasteiger partial charge in [0.05, 0.1) is 0 Å². The van der Waals surface area contributed by atoms with Crippen molar-refractivity contribution in [2.45, 2.75) is 6.61 Å². The van der Waals surface area contributed by atoms with Crippen molar-refractivity contribution in [3.05, 3.63) is 42.5 Å². The molecule has 0 unspecified atom stereocenters. The minimum Gasteiger partial charge on any atom is -0.458 e. The highest BCUT2D eigenvalue weighted by Gasteiger charge is 1.96. The number of ether oxygens (including phenoxy) is 1. The molecule has 0 heterocycles. The van der Waals surface area contributed by atoms with Crippen LogP contribution in [0.25, 0.3) is 0 Å². The molecule has 0 spiro atoms. The van der Waals surface area contributed by atoms with E-state index in [1.807, 2.05) is 12.1 Å². The Balaban J connectivity index is 2.50. The predicted molar refractivity (Wildman–Crippen MR) is 50.8 cm³/mol. The Morgan fingerprint density at radius 3 is 2.62 bits per heavy atom. The van der Waals surface area contributed by atoms with Crippen LogP contribution < -0.4 is 5.73 Å². The van der Waals surface area contributed by atoms with Gasteiger partial charge in [-0.1, -0.05) is 18.7 Å². The maximum Gasteiger partial charge on any atom is 0.330 e. The molecule has 3 nitrogen and oxygen atoms in total. The van der Waals surface area contributed by atoms with Gasteiger partial charge in [-0.15, -0.1) is 0 Å². The third-order valence-electron chi connectivity index (χ3n) is 1.53. The molecule has 0 aromatic heterocycles. The Kier molecular flexibility index (Phi) is 3.09. The molecule has 0 radical (unpaired) electrons. The predicted octanol–water partition coefficient (Wildman–Crippen LogP) is 1.50.